The van der Waals surface area contributed by atoms with Gasteiger partial charge in [-0.05, 0) is 13.5 Å². The van der Waals surface area contributed by atoms with Crippen LogP contribution in [0.5, 0.6) is 0 Å². The van der Waals surface area contributed by atoms with Gasteiger partial charge in [-0.1, -0.05) is 0 Å². The van der Waals surface area contributed by atoms with Crippen LogP contribution in [0.15, 0.2) is 0 Å². The Morgan fingerprint density at radius 1 is 1.44 bits per heavy atom. The van der Waals surface area contributed by atoms with Crippen LogP contribution in [0.4, 0.5) is 0 Å². The summed E-state index contributed by atoms with van der Waals surface area (Å²) >= 11 is 0. The molecule has 0 radical (unpaired) electrons. The Bertz CT molecular complexity index is 232. The van der Waals surface area contributed by atoms with E-state index in [1.807, 2.05) is 11.9 Å². The normalized spacial score (nSPS) is 17.1. The molecule has 0 atom stereocenters. The molecule has 0 aromatic carbocycles. The maximum Gasteiger partial charge on any atom is 0.234 e. The van der Waals surface area contributed by atoms with E-state index in [0.29, 0.717) is 19.7 Å². The molecule has 0 saturated carbocycles. The van der Waals surface area contributed by atoms with Crippen LogP contribution >= 0.6 is 0 Å². The van der Waals surface area contributed by atoms with Crippen LogP contribution in [0.2, 0.25) is 0 Å². The van der Waals surface area contributed by atoms with Crippen molar-refractivity contribution in [2.75, 3.05) is 53.6 Å². The van der Waals surface area contributed by atoms with Crippen molar-refractivity contribution in [3.8, 4) is 0 Å². The third-order valence-electron chi connectivity index (χ3n) is 2.68. The van der Waals surface area contributed by atoms with Crippen LogP contribution in [0, 0.1) is 0 Å². The predicted octanol–water partition coefficient (Wildman–Crippen LogP) is -0.166. The van der Waals surface area contributed by atoms with Gasteiger partial charge in [0.15, 0.2) is 6.29 Å². The Hall–Kier alpha value is -0.690. The number of nitrogens with one attached hydrogen (secondary N) is 1. The lowest BCUT2D eigenvalue weighted by Gasteiger charge is -2.25. The minimum atomic E-state index is -0.113. The van der Waals surface area contributed by atoms with Gasteiger partial charge in [0.1, 0.15) is 0 Å². The molecule has 1 amide bonds. The molecule has 106 valence electrons. The monoisotopic (exact) mass is 260 g/mol. The van der Waals surface area contributed by atoms with Crippen LogP contribution in [-0.4, -0.2) is 70.7 Å². The van der Waals surface area contributed by atoms with Gasteiger partial charge in [0.25, 0.3) is 0 Å². The number of ether oxygens (including phenoxy) is 3. The lowest BCUT2D eigenvalue weighted by Crippen LogP contribution is -2.38. The van der Waals surface area contributed by atoms with Crippen LogP contribution in [0.1, 0.15) is 12.8 Å². The Morgan fingerprint density at radius 3 is 2.83 bits per heavy atom. The van der Waals surface area contributed by atoms with Crippen molar-refractivity contribution in [3.63, 3.8) is 0 Å². The fraction of sp³-hybridized carbons (Fsp3) is 0.917. The molecule has 1 heterocycles. The van der Waals surface area contributed by atoms with Gasteiger partial charge < -0.3 is 19.5 Å². The van der Waals surface area contributed by atoms with E-state index >= 15 is 0 Å². The Kier molecular flexibility index (Phi) is 7.91. The number of rotatable bonds is 8. The summed E-state index contributed by atoms with van der Waals surface area (Å²) in [6, 6.07) is 0. The van der Waals surface area contributed by atoms with E-state index < -0.39 is 0 Å². The standard InChI is InChI=1S/C12H24N2O4/c1-14(10-11(15)13-5-9-16-2)6-4-12-17-7-3-8-18-12/h12H,3-10H2,1-2H3,(H,13,15). The fourth-order valence-electron chi connectivity index (χ4n) is 1.70. The van der Waals surface area contributed by atoms with Crippen LogP contribution < -0.4 is 5.32 Å². The molecule has 18 heavy (non-hydrogen) atoms. The van der Waals surface area contributed by atoms with E-state index in [1.165, 1.54) is 0 Å². The molecule has 0 aliphatic carbocycles. The van der Waals surface area contributed by atoms with E-state index in [-0.39, 0.29) is 12.2 Å². The minimum absolute atomic E-state index is 0.0139. The second-order valence-electron chi connectivity index (χ2n) is 4.39. The van der Waals surface area contributed by atoms with Gasteiger partial charge in [0.05, 0.1) is 26.4 Å². The summed E-state index contributed by atoms with van der Waals surface area (Å²) < 4.78 is 15.8. The summed E-state index contributed by atoms with van der Waals surface area (Å²) in [5.74, 6) is 0.0139. The zero-order valence-corrected chi connectivity index (χ0v) is 11.3. The van der Waals surface area contributed by atoms with Crippen molar-refractivity contribution >= 4 is 5.91 Å². The minimum Gasteiger partial charge on any atom is -0.383 e. The lowest BCUT2D eigenvalue weighted by molar-refractivity contribution is -0.182. The highest BCUT2D eigenvalue weighted by Crippen LogP contribution is 2.08. The first-order valence-electron chi connectivity index (χ1n) is 6.39. The SMILES string of the molecule is COCCNC(=O)CN(C)CCC1OCCCO1. The topological polar surface area (TPSA) is 60.0 Å². The number of amides is 1. The average molecular weight is 260 g/mol. The van der Waals surface area contributed by atoms with Crippen molar-refractivity contribution in [2.45, 2.75) is 19.1 Å². The first-order chi connectivity index (χ1) is 8.72. The number of nitrogens with zero attached hydrogens (tertiary/aromatic N) is 1. The number of carbonyl (C=O) groups excluding carboxylic acids is 1. The molecule has 0 aromatic heterocycles. The Labute approximate surface area is 109 Å². The molecule has 6 heteroatoms. The highest BCUT2D eigenvalue weighted by molar-refractivity contribution is 5.77. The maximum absolute atomic E-state index is 11.5. The predicted molar refractivity (Wildman–Crippen MR) is 67.3 cm³/mol. The van der Waals surface area contributed by atoms with E-state index in [2.05, 4.69) is 5.32 Å². The van der Waals surface area contributed by atoms with Crippen molar-refractivity contribution in [1.82, 2.24) is 10.2 Å². The van der Waals surface area contributed by atoms with Crippen LogP contribution in [0.3, 0.4) is 0 Å². The maximum atomic E-state index is 11.5. The number of likely N-dealkylation sites (N-methyl/N-ethyl adjacent to an activating group) is 1. The molecule has 0 bridgehead atoms. The summed E-state index contributed by atoms with van der Waals surface area (Å²) in [4.78, 5) is 13.5. The van der Waals surface area contributed by atoms with E-state index in [0.717, 1.165) is 32.6 Å². The average Bonchev–Trinajstić information content (AvgIpc) is 2.38. The summed E-state index contributed by atoms with van der Waals surface area (Å²) in [6.07, 6.45) is 1.65. The molecule has 1 rings (SSSR count). The first-order valence-corrected chi connectivity index (χ1v) is 6.39. The number of methoxy groups -OCH3 is 1. The molecular weight excluding hydrogens is 236 g/mol. The molecule has 0 spiro atoms. The summed E-state index contributed by atoms with van der Waals surface area (Å²) in [5, 5.41) is 2.78. The summed E-state index contributed by atoms with van der Waals surface area (Å²) in [6.45, 7) is 3.80. The number of carbonyl (C=O) groups is 1. The molecule has 0 unspecified atom stereocenters. The fourth-order valence-corrected chi connectivity index (χ4v) is 1.70. The third kappa shape index (κ3) is 6.90. The van der Waals surface area contributed by atoms with Gasteiger partial charge in [0.2, 0.25) is 5.91 Å². The summed E-state index contributed by atoms with van der Waals surface area (Å²) in [5.41, 5.74) is 0. The highest BCUT2D eigenvalue weighted by atomic mass is 16.7. The second kappa shape index (κ2) is 9.27. The van der Waals surface area contributed by atoms with E-state index in [1.54, 1.807) is 7.11 Å². The molecule has 1 saturated heterocycles. The first kappa shape index (κ1) is 15.4. The van der Waals surface area contributed by atoms with Crippen molar-refractivity contribution < 1.29 is 19.0 Å². The molecule has 1 aliphatic rings. The molecule has 1 aliphatic heterocycles. The second-order valence-corrected chi connectivity index (χ2v) is 4.39. The number of hydrogen-bond donors (Lipinski definition) is 1. The summed E-state index contributed by atoms with van der Waals surface area (Å²) in [7, 11) is 3.53. The highest BCUT2D eigenvalue weighted by Gasteiger charge is 2.15. The van der Waals surface area contributed by atoms with Crippen LogP contribution in [-0.2, 0) is 19.0 Å². The zero-order valence-electron chi connectivity index (χ0n) is 11.3. The van der Waals surface area contributed by atoms with Crippen molar-refractivity contribution in [2.24, 2.45) is 0 Å². The third-order valence-corrected chi connectivity index (χ3v) is 2.68. The molecule has 0 aromatic rings. The smallest absolute Gasteiger partial charge is 0.234 e. The molecular formula is C12H24N2O4. The van der Waals surface area contributed by atoms with Gasteiger partial charge in [-0.25, -0.2) is 0 Å². The van der Waals surface area contributed by atoms with E-state index in [9.17, 15) is 4.79 Å². The quantitative estimate of drug-likeness (QED) is 0.614. The van der Waals surface area contributed by atoms with Crippen LogP contribution in [0.25, 0.3) is 0 Å². The molecule has 6 nitrogen and oxygen atoms in total. The molecule has 1 fully saturated rings. The van der Waals surface area contributed by atoms with Gasteiger partial charge >= 0.3 is 0 Å². The van der Waals surface area contributed by atoms with E-state index in [4.69, 9.17) is 14.2 Å². The van der Waals surface area contributed by atoms with Gasteiger partial charge in [-0.15, -0.1) is 0 Å². The number of hydrogen-bond acceptors (Lipinski definition) is 5. The molecule has 1 N–H and O–H groups in total. The van der Waals surface area contributed by atoms with Gasteiger partial charge in [-0.3, -0.25) is 9.69 Å². The van der Waals surface area contributed by atoms with Crippen molar-refractivity contribution in [1.29, 1.82) is 0 Å². The Balaban J connectivity index is 2.04. The Morgan fingerprint density at radius 2 is 2.17 bits per heavy atom. The largest absolute Gasteiger partial charge is 0.383 e. The van der Waals surface area contributed by atoms with Gasteiger partial charge in [0, 0.05) is 26.6 Å². The zero-order chi connectivity index (χ0) is 13.2. The lowest BCUT2D eigenvalue weighted by atomic mass is 10.3. The van der Waals surface area contributed by atoms with Gasteiger partial charge in [-0.2, -0.15) is 0 Å². The van der Waals surface area contributed by atoms with Crippen molar-refractivity contribution in [3.05, 3.63) is 0 Å².